The summed E-state index contributed by atoms with van der Waals surface area (Å²) in [5.41, 5.74) is 0. The van der Waals surface area contributed by atoms with Gasteiger partial charge in [0.1, 0.15) is 30.5 Å². The summed E-state index contributed by atoms with van der Waals surface area (Å²) in [4.78, 5) is 0. The zero-order chi connectivity index (χ0) is 11.6. The fraction of sp³-hybridized carbons (Fsp3) is 1.00. The smallest absolute Gasteiger partial charge is 0.115 e. The number of rotatable bonds is 3. The molecule has 90 valence electrons. The molecule has 0 aromatic carbocycles. The second-order valence-electron chi connectivity index (χ2n) is 3.73. The van der Waals surface area contributed by atoms with Crippen LogP contribution in [0.1, 0.15) is 6.92 Å². The van der Waals surface area contributed by atoms with Gasteiger partial charge in [-0.05, 0) is 6.92 Å². The van der Waals surface area contributed by atoms with Crippen LogP contribution in [-0.2, 0) is 9.47 Å². The predicted molar refractivity (Wildman–Crippen MR) is 50.2 cm³/mol. The van der Waals surface area contributed by atoms with Gasteiger partial charge >= 0.3 is 0 Å². The standard InChI is InChI=1S/C9H18O6/c1-4-6(11)7(12)8(13)9(15-4)5(3-10)14-2/h4-13H,3H2,1-2H3/t4-,5-,6?,7-,8+,9?/m1/s1. The molecule has 2 unspecified atom stereocenters. The minimum atomic E-state index is -1.29. The third-order valence-electron chi connectivity index (χ3n) is 2.74. The number of hydrogen-bond donors (Lipinski definition) is 4. The van der Waals surface area contributed by atoms with Crippen molar-refractivity contribution in [2.75, 3.05) is 13.7 Å². The monoisotopic (exact) mass is 222 g/mol. The van der Waals surface area contributed by atoms with Crippen molar-refractivity contribution in [1.82, 2.24) is 0 Å². The van der Waals surface area contributed by atoms with Gasteiger partial charge in [0.05, 0.1) is 12.7 Å². The molecule has 1 aliphatic heterocycles. The molecule has 0 spiro atoms. The van der Waals surface area contributed by atoms with Crippen LogP contribution < -0.4 is 0 Å². The molecule has 0 saturated carbocycles. The molecule has 6 atom stereocenters. The number of methoxy groups -OCH3 is 1. The van der Waals surface area contributed by atoms with Gasteiger partial charge in [0.2, 0.25) is 0 Å². The van der Waals surface area contributed by atoms with Crippen LogP contribution in [0, 0.1) is 0 Å². The van der Waals surface area contributed by atoms with Crippen molar-refractivity contribution in [3.63, 3.8) is 0 Å². The highest BCUT2D eigenvalue weighted by molar-refractivity contribution is 4.93. The van der Waals surface area contributed by atoms with Crippen LogP contribution in [0.5, 0.6) is 0 Å². The SMILES string of the molecule is CO[C@H](CO)C1O[C@H](C)C(O)[C@@H](O)[C@@H]1O. The molecule has 0 amide bonds. The molecule has 1 aliphatic rings. The molecule has 15 heavy (non-hydrogen) atoms. The first-order chi connectivity index (χ1) is 7.02. The van der Waals surface area contributed by atoms with E-state index >= 15 is 0 Å². The molecule has 6 nitrogen and oxygen atoms in total. The van der Waals surface area contributed by atoms with Crippen molar-refractivity contribution >= 4 is 0 Å². The first kappa shape index (κ1) is 12.8. The van der Waals surface area contributed by atoms with Gasteiger partial charge in [0.25, 0.3) is 0 Å². The number of hydrogen-bond acceptors (Lipinski definition) is 6. The summed E-state index contributed by atoms with van der Waals surface area (Å²) >= 11 is 0. The van der Waals surface area contributed by atoms with Crippen molar-refractivity contribution in [2.24, 2.45) is 0 Å². The second kappa shape index (κ2) is 5.20. The molecule has 0 aromatic heterocycles. The maximum atomic E-state index is 9.63. The fourth-order valence-electron chi connectivity index (χ4n) is 1.70. The van der Waals surface area contributed by atoms with Gasteiger partial charge in [-0.1, -0.05) is 0 Å². The summed E-state index contributed by atoms with van der Waals surface area (Å²) in [5, 5.41) is 37.5. The Morgan fingerprint density at radius 2 is 1.80 bits per heavy atom. The Hall–Kier alpha value is -0.240. The van der Waals surface area contributed by atoms with E-state index in [1.54, 1.807) is 6.92 Å². The van der Waals surface area contributed by atoms with Crippen molar-refractivity contribution < 1.29 is 29.9 Å². The van der Waals surface area contributed by atoms with E-state index in [1.807, 2.05) is 0 Å². The van der Waals surface area contributed by atoms with Crippen molar-refractivity contribution in [2.45, 2.75) is 43.5 Å². The molecule has 0 aliphatic carbocycles. The molecular formula is C9H18O6. The first-order valence-electron chi connectivity index (χ1n) is 4.86. The Kier molecular flexibility index (Phi) is 4.45. The Morgan fingerprint density at radius 3 is 2.27 bits per heavy atom. The molecule has 6 heteroatoms. The third-order valence-corrected chi connectivity index (χ3v) is 2.74. The predicted octanol–water partition coefficient (Wildman–Crippen LogP) is -2.14. The van der Waals surface area contributed by atoms with Crippen LogP contribution in [-0.4, -0.2) is 70.8 Å². The Labute approximate surface area is 88.1 Å². The minimum absolute atomic E-state index is 0.326. The topological polar surface area (TPSA) is 99.4 Å². The van der Waals surface area contributed by atoms with E-state index in [0.29, 0.717) is 0 Å². The summed E-state index contributed by atoms with van der Waals surface area (Å²) in [6, 6.07) is 0. The molecule has 0 bridgehead atoms. The summed E-state index contributed by atoms with van der Waals surface area (Å²) < 4.78 is 10.2. The number of ether oxygens (including phenoxy) is 2. The largest absolute Gasteiger partial charge is 0.394 e. The molecule has 1 fully saturated rings. The highest BCUT2D eigenvalue weighted by Gasteiger charge is 2.44. The van der Waals surface area contributed by atoms with Gasteiger partial charge in [0, 0.05) is 7.11 Å². The Bertz CT molecular complexity index is 195. The average molecular weight is 222 g/mol. The van der Waals surface area contributed by atoms with E-state index in [1.165, 1.54) is 7.11 Å². The lowest BCUT2D eigenvalue weighted by atomic mass is 9.93. The van der Waals surface area contributed by atoms with Gasteiger partial charge in [0.15, 0.2) is 0 Å². The molecule has 0 aromatic rings. The zero-order valence-electron chi connectivity index (χ0n) is 8.78. The van der Waals surface area contributed by atoms with E-state index in [2.05, 4.69) is 0 Å². The van der Waals surface area contributed by atoms with Crippen molar-refractivity contribution in [3.05, 3.63) is 0 Å². The minimum Gasteiger partial charge on any atom is -0.394 e. The van der Waals surface area contributed by atoms with Crippen molar-refractivity contribution in [3.8, 4) is 0 Å². The van der Waals surface area contributed by atoms with Crippen molar-refractivity contribution in [1.29, 1.82) is 0 Å². The lowest BCUT2D eigenvalue weighted by molar-refractivity contribution is -0.244. The van der Waals surface area contributed by atoms with Crippen LogP contribution in [0.25, 0.3) is 0 Å². The van der Waals surface area contributed by atoms with Gasteiger partial charge < -0.3 is 29.9 Å². The Balaban J connectivity index is 2.73. The highest BCUT2D eigenvalue weighted by atomic mass is 16.6. The molecular weight excluding hydrogens is 204 g/mol. The lowest BCUT2D eigenvalue weighted by Crippen LogP contribution is -2.60. The quantitative estimate of drug-likeness (QED) is 0.435. The van der Waals surface area contributed by atoms with Gasteiger partial charge in [-0.2, -0.15) is 0 Å². The normalized spacial score (nSPS) is 44.0. The van der Waals surface area contributed by atoms with E-state index in [4.69, 9.17) is 14.6 Å². The van der Waals surface area contributed by atoms with Gasteiger partial charge in [-0.3, -0.25) is 0 Å². The Morgan fingerprint density at radius 1 is 1.20 bits per heavy atom. The molecule has 4 N–H and O–H groups in total. The first-order valence-corrected chi connectivity index (χ1v) is 4.86. The second-order valence-corrected chi connectivity index (χ2v) is 3.73. The molecule has 0 radical (unpaired) electrons. The van der Waals surface area contributed by atoms with E-state index in [9.17, 15) is 15.3 Å². The maximum Gasteiger partial charge on any atom is 0.115 e. The maximum absolute atomic E-state index is 9.63. The third kappa shape index (κ3) is 2.47. The highest BCUT2D eigenvalue weighted by Crippen LogP contribution is 2.23. The summed E-state index contributed by atoms with van der Waals surface area (Å²) in [5.74, 6) is 0. The number of aliphatic hydroxyl groups is 4. The van der Waals surface area contributed by atoms with Crippen LogP contribution in [0.15, 0.2) is 0 Å². The van der Waals surface area contributed by atoms with Crippen LogP contribution >= 0.6 is 0 Å². The summed E-state index contributed by atoms with van der Waals surface area (Å²) in [7, 11) is 1.37. The van der Waals surface area contributed by atoms with E-state index in [0.717, 1.165) is 0 Å². The summed E-state index contributed by atoms with van der Waals surface area (Å²) in [6.45, 7) is 1.25. The van der Waals surface area contributed by atoms with E-state index < -0.39 is 36.6 Å². The van der Waals surface area contributed by atoms with Crippen LogP contribution in [0.2, 0.25) is 0 Å². The lowest BCUT2D eigenvalue weighted by Gasteiger charge is -2.41. The fourth-order valence-corrected chi connectivity index (χ4v) is 1.70. The molecule has 1 heterocycles. The molecule has 1 rings (SSSR count). The average Bonchev–Trinajstić information content (AvgIpc) is 2.24. The van der Waals surface area contributed by atoms with Crippen LogP contribution in [0.3, 0.4) is 0 Å². The summed E-state index contributed by atoms with van der Waals surface area (Å²) in [6.07, 6.45) is -5.86. The zero-order valence-corrected chi connectivity index (χ0v) is 8.78. The van der Waals surface area contributed by atoms with Gasteiger partial charge in [-0.25, -0.2) is 0 Å². The molecule has 1 saturated heterocycles. The van der Waals surface area contributed by atoms with E-state index in [-0.39, 0.29) is 6.61 Å². The number of aliphatic hydroxyl groups excluding tert-OH is 4. The van der Waals surface area contributed by atoms with Gasteiger partial charge in [-0.15, -0.1) is 0 Å². The van der Waals surface area contributed by atoms with Crippen LogP contribution in [0.4, 0.5) is 0 Å².